The number of piperazine rings is 1. The van der Waals surface area contributed by atoms with Gasteiger partial charge in [-0.15, -0.1) is 0 Å². The highest BCUT2D eigenvalue weighted by Crippen LogP contribution is 2.21. The molecule has 0 atom stereocenters. The summed E-state index contributed by atoms with van der Waals surface area (Å²) in [5, 5.41) is 1.30. The first kappa shape index (κ1) is 18.7. The van der Waals surface area contributed by atoms with Crippen LogP contribution >= 0.6 is 23.2 Å². The number of carbonyl (C=O) groups excluding carboxylic acids is 2. The first-order chi connectivity index (χ1) is 12.5. The van der Waals surface area contributed by atoms with E-state index < -0.39 is 0 Å². The standard InChI is InChI=1S/C20H20Cl2N2O2/c21-16-6-4-15(5-7-16)19(25)8-9-20(26)24-12-10-23(11-13-24)18-3-1-2-17(22)14-18/h1-7,14H,8-13H2. The van der Waals surface area contributed by atoms with Gasteiger partial charge in [0, 0.05) is 60.3 Å². The van der Waals surface area contributed by atoms with Gasteiger partial charge in [-0.05, 0) is 42.5 Å². The van der Waals surface area contributed by atoms with Crippen molar-refractivity contribution in [2.75, 3.05) is 31.1 Å². The third-order valence-corrected chi connectivity index (χ3v) is 5.02. The van der Waals surface area contributed by atoms with E-state index in [-0.39, 0.29) is 24.5 Å². The van der Waals surface area contributed by atoms with Crippen LogP contribution in [0, 0.1) is 0 Å². The van der Waals surface area contributed by atoms with Gasteiger partial charge in [0.25, 0.3) is 0 Å². The first-order valence-corrected chi connectivity index (χ1v) is 9.35. The molecule has 0 radical (unpaired) electrons. The fraction of sp³-hybridized carbons (Fsp3) is 0.300. The molecular formula is C20H20Cl2N2O2. The maximum absolute atomic E-state index is 12.4. The second-order valence-corrected chi connectivity index (χ2v) is 7.15. The molecule has 1 fully saturated rings. The summed E-state index contributed by atoms with van der Waals surface area (Å²) in [6.45, 7) is 2.83. The zero-order valence-corrected chi connectivity index (χ0v) is 15.8. The number of ketones is 1. The first-order valence-electron chi connectivity index (χ1n) is 8.60. The molecule has 4 nitrogen and oxygen atoms in total. The Bertz CT molecular complexity index is 785. The fourth-order valence-electron chi connectivity index (χ4n) is 3.05. The summed E-state index contributed by atoms with van der Waals surface area (Å²) in [6.07, 6.45) is 0.452. The number of carbonyl (C=O) groups is 2. The average Bonchev–Trinajstić information content (AvgIpc) is 2.66. The summed E-state index contributed by atoms with van der Waals surface area (Å²) in [5.41, 5.74) is 1.66. The van der Waals surface area contributed by atoms with Crippen LogP contribution in [0.1, 0.15) is 23.2 Å². The Morgan fingerprint density at radius 1 is 0.846 bits per heavy atom. The third-order valence-electron chi connectivity index (χ3n) is 4.54. The van der Waals surface area contributed by atoms with E-state index in [0.717, 1.165) is 18.8 Å². The van der Waals surface area contributed by atoms with Crippen molar-refractivity contribution < 1.29 is 9.59 Å². The SMILES string of the molecule is O=C(CCC(=O)N1CCN(c2cccc(Cl)c2)CC1)c1ccc(Cl)cc1. The number of halogens is 2. The predicted molar refractivity (Wildman–Crippen MR) is 105 cm³/mol. The van der Waals surface area contributed by atoms with E-state index in [2.05, 4.69) is 4.90 Å². The highest BCUT2D eigenvalue weighted by atomic mass is 35.5. The summed E-state index contributed by atoms with van der Waals surface area (Å²) in [6, 6.07) is 14.5. The van der Waals surface area contributed by atoms with Crippen molar-refractivity contribution in [3.8, 4) is 0 Å². The summed E-state index contributed by atoms with van der Waals surface area (Å²) in [4.78, 5) is 28.6. The van der Waals surface area contributed by atoms with Gasteiger partial charge in [0.1, 0.15) is 0 Å². The molecule has 1 aliphatic rings. The molecule has 2 aromatic rings. The van der Waals surface area contributed by atoms with Gasteiger partial charge in [-0.1, -0.05) is 29.3 Å². The molecular weight excluding hydrogens is 371 g/mol. The lowest BCUT2D eigenvalue weighted by molar-refractivity contribution is -0.131. The van der Waals surface area contributed by atoms with Crippen molar-refractivity contribution in [3.05, 3.63) is 64.1 Å². The molecule has 0 aromatic heterocycles. The number of hydrogen-bond acceptors (Lipinski definition) is 3. The molecule has 136 valence electrons. The van der Waals surface area contributed by atoms with E-state index in [1.807, 2.05) is 29.2 Å². The molecule has 0 aliphatic carbocycles. The maximum atomic E-state index is 12.4. The maximum Gasteiger partial charge on any atom is 0.223 e. The summed E-state index contributed by atoms with van der Waals surface area (Å²) < 4.78 is 0. The number of hydrogen-bond donors (Lipinski definition) is 0. The Kier molecular flexibility index (Phi) is 6.17. The van der Waals surface area contributed by atoms with Crippen molar-refractivity contribution in [2.24, 2.45) is 0 Å². The van der Waals surface area contributed by atoms with Crippen molar-refractivity contribution in [3.63, 3.8) is 0 Å². The van der Waals surface area contributed by atoms with Crippen LogP contribution in [-0.4, -0.2) is 42.8 Å². The molecule has 0 N–H and O–H groups in total. The van der Waals surface area contributed by atoms with Gasteiger partial charge in [-0.3, -0.25) is 9.59 Å². The van der Waals surface area contributed by atoms with Crippen LogP contribution in [0.15, 0.2) is 48.5 Å². The van der Waals surface area contributed by atoms with Crippen LogP contribution < -0.4 is 4.90 Å². The Morgan fingerprint density at radius 2 is 1.54 bits per heavy atom. The lowest BCUT2D eigenvalue weighted by Crippen LogP contribution is -2.48. The van der Waals surface area contributed by atoms with Gasteiger partial charge in [0.15, 0.2) is 5.78 Å². The van der Waals surface area contributed by atoms with Crippen molar-refractivity contribution in [1.29, 1.82) is 0 Å². The number of nitrogens with zero attached hydrogens (tertiary/aromatic N) is 2. The summed E-state index contributed by atoms with van der Waals surface area (Å²) in [7, 11) is 0. The molecule has 1 heterocycles. The average molecular weight is 391 g/mol. The Hall–Kier alpha value is -2.04. The predicted octanol–water partition coefficient (Wildman–Crippen LogP) is 4.31. The fourth-order valence-corrected chi connectivity index (χ4v) is 3.36. The number of amides is 1. The van der Waals surface area contributed by atoms with Gasteiger partial charge < -0.3 is 9.80 Å². The van der Waals surface area contributed by atoms with Gasteiger partial charge in [-0.25, -0.2) is 0 Å². The summed E-state index contributed by atoms with van der Waals surface area (Å²) >= 11 is 11.9. The Balaban J connectivity index is 1.47. The van der Waals surface area contributed by atoms with Crippen molar-refractivity contribution in [1.82, 2.24) is 4.90 Å². The van der Waals surface area contributed by atoms with Crippen molar-refractivity contribution >= 4 is 40.6 Å². The minimum atomic E-state index is -0.0346. The molecule has 26 heavy (non-hydrogen) atoms. The highest BCUT2D eigenvalue weighted by molar-refractivity contribution is 6.31. The second-order valence-electron chi connectivity index (χ2n) is 6.28. The highest BCUT2D eigenvalue weighted by Gasteiger charge is 2.22. The number of rotatable bonds is 5. The molecule has 3 rings (SSSR count). The lowest BCUT2D eigenvalue weighted by atomic mass is 10.1. The molecule has 0 saturated carbocycles. The van der Waals surface area contributed by atoms with E-state index in [9.17, 15) is 9.59 Å². The molecule has 0 unspecified atom stereocenters. The number of anilines is 1. The molecule has 1 aliphatic heterocycles. The Labute approximate surface area is 163 Å². The van der Waals surface area contributed by atoms with Crippen LogP contribution in [0.25, 0.3) is 0 Å². The van der Waals surface area contributed by atoms with Gasteiger partial charge in [0.05, 0.1) is 0 Å². The van der Waals surface area contributed by atoms with Crippen molar-refractivity contribution in [2.45, 2.75) is 12.8 Å². The minimum Gasteiger partial charge on any atom is -0.368 e. The zero-order valence-electron chi connectivity index (χ0n) is 14.3. The van der Waals surface area contributed by atoms with E-state index in [1.165, 1.54) is 0 Å². The monoisotopic (exact) mass is 390 g/mol. The minimum absolute atomic E-state index is 0.0260. The van der Waals surface area contributed by atoms with E-state index in [4.69, 9.17) is 23.2 Å². The van der Waals surface area contributed by atoms with Crippen LogP contribution in [0.2, 0.25) is 10.0 Å². The van der Waals surface area contributed by atoms with Gasteiger partial charge in [0.2, 0.25) is 5.91 Å². The van der Waals surface area contributed by atoms with Crippen LogP contribution in [0.5, 0.6) is 0 Å². The smallest absolute Gasteiger partial charge is 0.223 e. The molecule has 1 amide bonds. The van der Waals surface area contributed by atoms with Crippen LogP contribution in [0.3, 0.4) is 0 Å². The summed E-state index contributed by atoms with van der Waals surface area (Å²) in [5.74, 6) is -0.00867. The normalized spacial score (nSPS) is 14.4. The van der Waals surface area contributed by atoms with Gasteiger partial charge in [-0.2, -0.15) is 0 Å². The number of Topliss-reactive ketones (excluding diaryl/α,β-unsaturated/α-hetero) is 1. The number of benzene rings is 2. The molecule has 2 aromatic carbocycles. The van der Waals surface area contributed by atoms with Gasteiger partial charge >= 0.3 is 0 Å². The van der Waals surface area contributed by atoms with Crippen LogP contribution in [-0.2, 0) is 4.79 Å². The Morgan fingerprint density at radius 3 is 2.19 bits per heavy atom. The van der Waals surface area contributed by atoms with E-state index in [0.29, 0.717) is 28.7 Å². The zero-order chi connectivity index (χ0) is 18.5. The third kappa shape index (κ3) is 4.77. The molecule has 0 spiro atoms. The lowest BCUT2D eigenvalue weighted by Gasteiger charge is -2.36. The largest absolute Gasteiger partial charge is 0.368 e. The molecule has 6 heteroatoms. The van der Waals surface area contributed by atoms with E-state index >= 15 is 0 Å². The second kappa shape index (κ2) is 8.56. The molecule has 1 saturated heterocycles. The van der Waals surface area contributed by atoms with Crippen LogP contribution in [0.4, 0.5) is 5.69 Å². The molecule has 0 bridgehead atoms. The quantitative estimate of drug-likeness (QED) is 0.714. The topological polar surface area (TPSA) is 40.6 Å². The van der Waals surface area contributed by atoms with E-state index in [1.54, 1.807) is 24.3 Å².